The predicted octanol–water partition coefficient (Wildman–Crippen LogP) is 3.73. The molecule has 1 spiro atoms. The number of fused-ring (bicyclic) bond motifs is 2. The molecule has 8 heteroatoms. The van der Waals surface area contributed by atoms with Crippen LogP contribution in [0, 0.1) is 18.6 Å². The van der Waals surface area contributed by atoms with Crippen molar-refractivity contribution in [3.8, 4) is 11.1 Å². The van der Waals surface area contributed by atoms with Gasteiger partial charge in [0, 0.05) is 31.0 Å². The number of carbonyl (C=O) groups excluding carboxylic acids is 2. The van der Waals surface area contributed by atoms with Gasteiger partial charge in [-0.2, -0.15) is 0 Å². The molecule has 3 aromatic rings. The molecule has 2 aliphatic heterocycles. The molecule has 0 radical (unpaired) electrons. The van der Waals surface area contributed by atoms with Crippen LogP contribution in [0.2, 0.25) is 0 Å². The number of piperidine rings is 1. The van der Waals surface area contributed by atoms with Crippen molar-refractivity contribution in [3.63, 3.8) is 0 Å². The van der Waals surface area contributed by atoms with E-state index in [4.69, 9.17) is 9.84 Å². The number of aliphatic hydroxyl groups excluding tert-OH is 1. The van der Waals surface area contributed by atoms with Crippen molar-refractivity contribution in [2.75, 3.05) is 26.2 Å². The molecule has 0 unspecified atom stereocenters. The van der Waals surface area contributed by atoms with E-state index in [-0.39, 0.29) is 11.5 Å². The maximum absolute atomic E-state index is 14.3. The van der Waals surface area contributed by atoms with Crippen LogP contribution in [0.5, 0.6) is 0 Å². The number of aliphatic hydroxyl groups is 1. The lowest BCUT2D eigenvalue weighted by Gasteiger charge is -2.41. The summed E-state index contributed by atoms with van der Waals surface area (Å²) in [4.78, 5) is 24.1. The van der Waals surface area contributed by atoms with Gasteiger partial charge < -0.3 is 20.5 Å². The third-order valence-corrected chi connectivity index (χ3v) is 7.43. The van der Waals surface area contributed by atoms with E-state index < -0.39 is 35.7 Å². The Morgan fingerprint density at radius 1 is 1.14 bits per heavy atom. The molecule has 0 aromatic heterocycles. The van der Waals surface area contributed by atoms with E-state index in [1.165, 1.54) is 0 Å². The fraction of sp³-hybridized carbons (Fsp3) is 0.310. The largest absolute Gasteiger partial charge is 0.450 e. The van der Waals surface area contributed by atoms with Crippen LogP contribution in [0.4, 0.5) is 8.78 Å². The van der Waals surface area contributed by atoms with Crippen LogP contribution >= 0.6 is 0 Å². The van der Waals surface area contributed by atoms with Crippen LogP contribution in [-0.2, 0) is 21.6 Å². The Morgan fingerprint density at radius 2 is 1.92 bits per heavy atom. The highest BCUT2D eigenvalue weighted by Crippen LogP contribution is 2.51. The molecule has 2 aliphatic rings. The molecule has 1 saturated heterocycles. The highest BCUT2D eigenvalue weighted by molar-refractivity contribution is 5.95. The summed E-state index contributed by atoms with van der Waals surface area (Å²) >= 11 is 0. The van der Waals surface area contributed by atoms with Gasteiger partial charge in [0.25, 0.3) is 0 Å². The number of amides is 1. The molecule has 37 heavy (non-hydrogen) atoms. The SMILES string of the molecule is Cc1cc(-c2ccccc2CCNC(=O)CO)ccc1[C@H]1CNCC[C@@]12OC(=O)c1cc(F)c(F)cc12. The molecule has 5 rings (SSSR count). The second kappa shape index (κ2) is 10.0. The summed E-state index contributed by atoms with van der Waals surface area (Å²) in [5, 5.41) is 15.0. The molecule has 0 saturated carbocycles. The van der Waals surface area contributed by atoms with Crippen molar-refractivity contribution in [1.29, 1.82) is 0 Å². The Kier molecular flexibility index (Phi) is 6.79. The average Bonchev–Trinajstić information content (AvgIpc) is 3.15. The Labute approximate surface area is 213 Å². The Bertz CT molecular complexity index is 1380. The smallest absolute Gasteiger partial charge is 0.339 e. The van der Waals surface area contributed by atoms with Gasteiger partial charge in [-0.3, -0.25) is 4.79 Å². The van der Waals surface area contributed by atoms with Crippen LogP contribution in [0.15, 0.2) is 54.6 Å². The van der Waals surface area contributed by atoms with Crippen LogP contribution in [-0.4, -0.2) is 43.2 Å². The van der Waals surface area contributed by atoms with Gasteiger partial charge in [-0.25, -0.2) is 13.6 Å². The molecular formula is C29H28F2N2O4. The summed E-state index contributed by atoms with van der Waals surface area (Å²) in [6, 6.07) is 16.1. The molecule has 192 valence electrons. The molecule has 1 fully saturated rings. The number of carbonyl (C=O) groups is 2. The van der Waals surface area contributed by atoms with Gasteiger partial charge in [0.2, 0.25) is 5.91 Å². The summed E-state index contributed by atoms with van der Waals surface area (Å²) < 4.78 is 34.2. The lowest BCUT2D eigenvalue weighted by atomic mass is 9.72. The molecule has 3 aromatic carbocycles. The highest BCUT2D eigenvalue weighted by Gasteiger charge is 2.53. The molecule has 0 bridgehead atoms. The molecule has 0 aliphatic carbocycles. The molecule has 2 heterocycles. The first-order chi connectivity index (χ1) is 17.8. The standard InChI is InChI=1S/C29H28F2N2O4/c1-17-12-19(21-5-3-2-4-18(21)8-10-33-27(35)16-34)6-7-20(17)24-15-32-11-9-29(24)23-14-26(31)25(30)13-22(23)28(36)37-29/h2-7,12-14,24,32,34H,8-11,15-16H2,1H3,(H,33,35)/t24-,29+/m1/s1. The Hall–Kier alpha value is -3.62. The lowest BCUT2D eigenvalue weighted by Crippen LogP contribution is -2.47. The second-order valence-corrected chi connectivity index (χ2v) is 9.58. The second-order valence-electron chi connectivity index (χ2n) is 9.58. The van der Waals surface area contributed by atoms with Crippen molar-refractivity contribution in [2.45, 2.75) is 31.3 Å². The zero-order valence-electron chi connectivity index (χ0n) is 20.4. The molecule has 2 atom stereocenters. The van der Waals surface area contributed by atoms with E-state index in [0.29, 0.717) is 38.0 Å². The minimum absolute atomic E-state index is 0.0855. The van der Waals surface area contributed by atoms with E-state index in [9.17, 15) is 18.4 Å². The van der Waals surface area contributed by atoms with Crippen molar-refractivity contribution >= 4 is 11.9 Å². The van der Waals surface area contributed by atoms with Crippen molar-refractivity contribution in [1.82, 2.24) is 10.6 Å². The van der Waals surface area contributed by atoms with E-state index in [2.05, 4.69) is 16.7 Å². The summed E-state index contributed by atoms with van der Waals surface area (Å²) in [6.45, 7) is 2.97. The number of benzene rings is 3. The van der Waals surface area contributed by atoms with Crippen LogP contribution < -0.4 is 10.6 Å². The van der Waals surface area contributed by atoms with E-state index in [0.717, 1.165) is 39.9 Å². The van der Waals surface area contributed by atoms with Gasteiger partial charge in [0.15, 0.2) is 11.6 Å². The topological polar surface area (TPSA) is 87.7 Å². The number of hydrogen-bond acceptors (Lipinski definition) is 5. The fourth-order valence-corrected chi connectivity index (χ4v) is 5.65. The minimum Gasteiger partial charge on any atom is -0.450 e. The third kappa shape index (κ3) is 4.51. The van der Waals surface area contributed by atoms with Gasteiger partial charge in [0.05, 0.1) is 5.56 Å². The number of halogens is 2. The summed E-state index contributed by atoms with van der Waals surface area (Å²) in [5.41, 5.74) is 4.46. The fourth-order valence-electron chi connectivity index (χ4n) is 5.65. The quantitative estimate of drug-likeness (QED) is 0.444. The third-order valence-electron chi connectivity index (χ3n) is 7.43. The maximum atomic E-state index is 14.3. The monoisotopic (exact) mass is 506 g/mol. The first-order valence-electron chi connectivity index (χ1n) is 12.3. The van der Waals surface area contributed by atoms with Crippen LogP contribution in [0.25, 0.3) is 11.1 Å². The van der Waals surface area contributed by atoms with Gasteiger partial charge in [0.1, 0.15) is 12.2 Å². The number of rotatable bonds is 6. The number of ether oxygens (including phenoxy) is 1. The predicted molar refractivity (Wildman–Crippen MR) is 134 cm³/mol. The molecule has 1 amide bonds. The average molecular weight is 507 g/mol. The zero-order valence-corrected chi connectivity index (χ0v) is 20.4. The number of aryl methyl sites for hydroxylation is 1. The van der Waals surface area contributed by atoms with E-state index >= 15 is 0 Å². The lowest BCUT2D eigenvalue weighted by molar-refractivity contribution is -0.123. The first kappa shape index (κ1) is 25.0. The van der Waals surface area contributed by atoms with E-state index in [1.54, 1.807) is 0 Å². The van der Waals surface area contributed by atoms with Gasteiger partial charge in [-0.05, 0) is 59.8 Å². The summed E-state index contributed by atoms with van der Waals surface area (Å²) in [5.74, 6) is -3.38. The summed E-state index contributed by atoms with van der Waals surface area (Å²) in [7, 11) is 0. The van der Waals surface area contributed by atoms with Crippen LogP contribution in [0.3, 0.4) is 0 Å². The van der Waals surface area contributed by atoms with Gasteiger partial charge in [-0.15, -0.1) is 0 Å². The number of hydrogen-bond donors (Lipinski definition) is 3. The molecule has 6 nitrogen and oxygen atoms in total. The number of nitrogens with one attached hydrogen (secondary N) is 2. The van der Waals surface area contributed by atoms with Gasteiger partial charge in [-0.1, -0.05) is 42.5 Å². The van der Waals surface area contributed by atoms with E-state index in [1.807, 2.05) is 43.3 Å². The first-order valence-corrected chi connectivity index (χ1v) is 12.3. The van der Waals surface area contributed by atoms with Crippen LogP contribution in [0.1, 0.15) is 45.0 Å². The normalized spacial score (nSPS) is 20.5. The maximum Gasteiger partial charge on any atom is 0.339 e. The highest BCUT2D eigenvalue weighted by atomic mass is 19.2. The van der Waals surface area contributed by atoms with Crippen molar-refractivity contribution in [2.24, 2.45) is 0 Å². The van der Waals surface area contributed by atoms with Gasteiger partial charge >= 0.3 is 5.97 Å². The minimum atomic E-state index is -1.07. The summed E-state index contributed by atoms with van der Waals surface area (Å²) in [6.07, 6.45) is 1.05. The number of esters is 1. The Balaban J connectivity index is 1.49. The van der Waals surface area contributed by atoms with Crippen molar-refractivity contribution in [3.05, 3.63) is 94.0 Å². The zero-order chi connectivity index (χ0) is 26.2. The van der Waals surface area contributed by atoms with Crippen molar-refractivity contribution < 1.29 is 28.2 Å². The molecular weight excluding hydrogens is 478 g/mol. The Morgan fingerprint density at radius 3 is 2.70 bits per heavy atom. The molecule has 3 N–H and O–H groups in total.